The third-order valence-corrected chi connectivity index (χ3v) is 10.9. The van der Waals surface area contributed by atoms with Crippen LogP contribution in [0.15, 0.2) is 52.8 Å². The van der Waals surface area contributed by atoms with E-state index in [0.717, 1.165) is 36.8 Å². The molecule has 1 spiro atoms. The van der Waals surface area contributed by atoms with Crippen LogP contribution in [0, 0.1) is 5.41 Å². The van der Waals surface area contributed by atoms with Crippen LogP contribution in [0.4, 0.5) is 27.0 Å². The Morgan fingerprint density at radius 1 is 0.944 bits per heavy atom. The molecule has 0 unspecified atom stereocenters. The fourth-order valence-corrected chi connectivity index (χ4v) is 8.06. The summed E-state index contributed by atoms with van der Waals surface area (Å²) >= 11 is 14.2. The molecule has 2 N–H and O–H groups in total. The molecule has 0 aliphatic carbocycles. The zero-order valence-corrected chi connectivity index (χ0v) is 33.5. The number of carbonyl (C=O) groups excluding carboxylic acids is 3. The molecule has 0 saturated carbocycles. The first-order valence-electron chi connectivity index (χ1n) is 17.3. The molecule has 0 bridgehead atoms. The highest BCUT2D eigenvalue weighted by molar-refractivity contribution is 7.99. The van der Waals surface area contributed by atoms with E-state index in [1.165, 1.54) is 13.3 Å². The van der Waals surface area contributed by atoms with Crippen molar-refractivity contribution in [3.8, 4) is 0 Å². The normalized spacial score (nSPS) is 17.2. The second kappa shape index (κ2) is 15.0. The number of imidazole rings is 1. The van der Waals surface area contributed by atoms with Gasteiger partial charge in [-0.15, -0.1) is 0 Å². The lowest BCUT2D eigenvalue weighted by Gasteiger charge is -2.42. The van der Waals surface area contributed by atoms with Crippen LogP contribution in [-0.4, -0.2) is 93.0 Å². The number of aromatic nitrogens is 5. The number of nitrogens with two attached hydrogens (primary N) is 1. The topological polar surface area (TPSA) is 171 Å². The summed E-state index contributed by atoms with van der Waals surface area (Å²) in [6, 6.07) is 5.34. The quantitative estimate of drug-likeness (QED) is 0.122. The van der Waals surface area contributed by atoms with Crippen molar-refractivity contribution in [2.45, 2.75) is 81.4 Å². The number of pyridine rings is 2. The van der Waals surface area contributed by atoms with Crippen molar-refractivity contribution in [1.82, 2.24) is 24.3 Å². The van der Waals surface area contributed by atoms with Crippen molar-refractivity contribution in [3.05, 3.63) is 58.9 Å². The zero-order valence-electron chi connectivity index (χ0n) is 31.1. The molecule has 4 aromatic heterocycles. The molecule has 54 heavy (non-hydrogen) atoms. The van der Waals surface area contributed by atoms with Gasteiger partial charge in [0, 0.05) is 73.0 Å². The van der Waals surface area contributed by atoms with Gasteiger partial charge in [-0.1, -0.05) is 35.0 Å². The summed E-state index contributed by atoms with van der Waals surface area (Å²) in [5.41, 5.74) is 6.22. The third kappa shape index (κ3) is 8.16. The van der Waals surface area contributed by atoms with Crippen LogP contribution in [0.25, 0.3) is 5.65 Å². The van der Waals surface area contributed by atoms with E-state index in [1.54, 1.807) is 66.2 Å². The molecule has 2 aliphatic heterocycles. The number of ether oxygens (including phenoxy) is 3. The molecule has 6 heterocycles. The molecular weight excluding hydrogens is 757 g/mol. The SMILES string of the molecule is COC(=O)c1nc(N2CCC3(CC2)CN(c2ccnc(Cl)c2)C[C@H]3N)n2ccnc2c1Sc1ccnc(N(C(=O)OC(C)(C)C)C(=O)OC(C)(C)C)c1Cl. The molecule has 2 amide bonds. The molecule has 288 valence electrons. The number of methoxy groups -OCH3 is 1. The van der Waals surface area contributed by atoms with E-state index in [2.05, 4.69) is 24.8 Å². The average molecular weight is 801 g/mol. The van der Waals surface area contributed by atoms with E-state index >= 15 is 0 Å². The summed E-state index contributed by atoms with van der Waals surface area (Å²) in [6.07, 6.45) is 6.02. The first-order valence-corrected chi connectivity index (χ1v) is 18.9. The van der Waals surface area contributed by atoms with Crippen LogP contribution in [0.1, 0.15) is 64.9 Å². The first kappa shape index (κ1) is 39.3. The molecule has 6 rings (SSSR count). The Labute approximate surface area is 327 Å². The van der Waals surface area contributed by atoms with Crippen LogP contribution >= 0.6 is 35.0 Å². The number of nitrogens with zero attached hydrogens (tertiary/aromatic N) is 8. The number of hydrogen-bond donors (Lipinski definition) is 1. The minimum atomic E-state index is -1.03. The summed E-state index contributed by atoms with van der Waals surface area (Å²) in [4.78, 5) is 63.8. The zero-order chi connectivity index (χ0) is 39.2. The number of piperidine rings is 1. The van der Waals surface area contributed by atoms with Gasteiger partial charge in [-0.2, -0.15) is 4.90 Å². The monoisotopic (exact) mass is 799 g/mol. The maximum atomic E-state index is 13.4. The third-order valence-electron chi connectivity index (χ3n) is 9.10. The molecule has 4 aromatic rings. The van der Waals surface area contributed by atoms with E-state index in [9.17, 15) is 14.4 Å². The number of amides is 2. The van der Waals surface area contributed by atoms with Gasteiger partial charge in [-0.25, -0.2) is 34.3 Å². The standard InChI is InChI=1S/C36H43Cl2N9O6S/c1-34(2,3)52-32(49)47(33(50)53-35(4,5)6)28-25(38)22(9-13-41-28)54-27-26(30(48)51-7)43-31(46-17-14-42-29(27)46)44-15-10-36(11-16-44)20-45(19-23(36)39)21-8-12-40-24(37)18-21/h8-9,12-14,17-18,23H,10-11,15-16,19-20,39H2,1-7H3/t23-/m1/s1. The van der Waals surface area contributed by atoms with Crippen molar-refractivity contribution in [1.29, 1.82) is 0 Å². The minimum absolute atomic E-state index is 0.0142. The average Bonchev–Trinajstić information content (AvgIpc) is 3.70. The van der Waals surface area contributed by atoms with Crippen LogP contribution in [0.3, 0.4) is 0 Å². The van der Waals surface area contributed by atoms with Crippen LogP contribution in [0.5, 0.6) is 0 Å². The number of hydrogen-bond acceptors (Lipinski definition) is 14. The second-order valence-corrected chi connectivity index (χ2v) is 17.0. The number of rotatable bonds is 6. The Kier molecular flexibility index (Phi) is 11.0. The number of esters is 1. The van der Waals surface area contributed by atoms with E-state index < -0.39 is 29.4 Å². The largest absolute Gasteiger partial charge is 0.464 e. The summed E-state index contributed by atoms with van der Waals surface area (Å²) in [6.45, 7) is 12.8. The molecule has 2 aliphatic rings. The summed E-state index contributed by atoms with van der Waals surface area (Å²) in [7, 11) is 1.28. The Hall–Kier alpha value is -4.38. The Morgan fingerprint density at radius 2 is 1.59 bits per heavy atom. The van der Waals surface area contributed by atoms with Crippen molar-refractivity contribution in [3.63, 3.8) is 0 Å². The van der Waals surface area contributed by atoms with Crippen molar-refractivity contribution in [2.75, 3.05) is 48.0 Å². The van der Waals surface area contributed by atoms with E-state index in [1.807, 2.05) is 16.5 Å². The highest BCUT2D eigenvalue weighted by Crippen LogP contribution is 2.44. The van der Waals surface area contributed by atoms with Gasteiger partial charge in [0.25, 0.3) is 0 Å². The fraction of sp³-hybridized carbons (Fsp3) is 0.472. The Morgan fingerprint density at radius 3 is 2.20 bits per heavy atom. The first-order chi connectivity index (χ1) is 25.4. The number of halogens is 2. The van der Waals surface area contributed by atoms with Gasteiger partial charge in [-0.05, 0) is 72.6 Å². The van der Waals surface area contributed by atoms with Crippen molar-refractivity contribution >= 4 is 76.2 Å². The van der Waals surface area contributed by atoms with Gasteiger partial charge in [0.1, 0.15) is 16.4 Å². The summed E-state index contributed by atoms with van der Waals surface area (Å²) in [5.74, 6) is -0.377. The van der Waals surface area contributed by atoms with Gasteiger partial charge in [0.05, 0.1) is 17.0 Å². The lowest BCUT2D eigenvalue weighted by molar-refractivity contribution is 0.0427. The van der Waals surface area contributed by atoms with Crippen LogP contribution in [0.2, 0.25) is 10.2 Å². The fourth-order valence-electron chi connectivity index (χ4n) is 6.58. The number of fused-ring (bicyclic) bond motifs is 1. The lowest BCUT2D eigenvalue weighted by Crippen LogP contribution is -2.49. The minimum Gasteiger partial charge on any atom is -0.464 e. The smallest absolute Gasteiger partial charge is 0.425 e. The summed E-state index contributed by atoms with van der Waals surface area (Å²) in [5, 5.41) is 0.367. The summed E-state index contributed by atoms with van der Waals surface area (Å²) < 4.78 is 18.1. The van der Waals surface area contributed by atoms with Crippen LogP contribution in [-0.2, 0) is 14.2 Å². The number of carbonyl (C=O) groups is 3. The molecule has 1 atom stereocenters. The van der Waals surface area contributed by atoms with Gasteiger partial charge >= 0.3 is 18.2 Å². The maximum Gasteiger partial charge on any atom is 0.425 e. The van der Waals surface area contributed by atoms with Crippen molar-refractivity contribution < 1.29 is 28.6 Å². The van der Waals surface area contributed by atoms with Gasteiger partial charge < -0.3 is 29.7 Å². The molecule has 0 radical (unpaired) electrons. The predicted octanol–water partition coefficient (Wildman–Crippen LogP) is 6.87. The van der Waals surface area contributed by atoms with E-state index in [-0.39, 0.29) is 28.0 Å². The predicted molar refractivity (Wildman–Crippen MR) is 206 cm³/mol. The van der Waals surface area contributed by atoms with Crippen molar-refractivity contribution in [2.24, 2.45) is 11.1 Å². The molecular formula is C36H43Cl2N9O6S. The Bertz CT molecular complexity index is 2050. The number of imide groups is 1. The molecule has 0 aromatic carbocycles. The second-order valence-electron chi connectivity index (χ2n) is 15.2. The maximum absolute atomic E-state index is 13.4. The van der Waals surface area contributed by atoms with Crippen LogP contribution < -0.4 is 20.4 Å². The molecule has 15 nitrogen and oxygen atoms in total. The lowest BCUT2D eigenvalue weighted by atomic mass is 9.75. The van der Waals surface area contributed by atoms with E-state index in [4.69, 9.17) is 48.1 Å². The number of anilines is 3. The van der Waals surface area contributed by atoms with Gasteiger partial charge in [-0.3, -0.25) is 4.40 Å². The highest BCUT2D eigenvalue weighted by atomic mass is 35.5. The highest BCUT2D eigenvalue weighted by Gasteiger charge is 2.47. The van der Waals surface area contributed by atoms with E-state index in [0.29, 0.717) is 51.1 Å². The van der Waals surface area contributed by atoms with Gasteiger partial charge in [0.15, 0.2) is 17.2 Å². The molecule has 18 heteroatoms. The molecule has 2 saturated heterocycles. The Balaban J connectivity index is 1.32. The van der Waals surface area contributed by atoms with Gasteiger partial charge in [0.2, 0.25) is 5.95 Å². The molecule has 2 fully saturated rings.